The first-order valence-corrected chi connectivity index (χ1v) is 8.96. The molecule has 3 aromatic rings. The third-order valence-corrected chi connectivity index (χ3v) is 4.68. The molecule has 7 heteroatoms. The number of anilines is 2. The number of nitrogens with zero attached hydrogens (tertiary/aromatic N) is 1. The van der Waals surface area contributed by atoms with Gasteiger partial charge in [-0.3, -0.25) is 14.5 Å². The Morgan fingerprint density at radius 3 is 2.64 bits per heavy atom. The van der Waals surface area contributed by atoms with Gasteiger partial charge in [0.25, 0.3) is 5.56 Å². The molecule has 2 heterocycles. The highest BCUT2D eigenvalue weighted by Gasteiger charge is 2.23. The minimum Gasteiger partial charge on any atom is -0.447 e. The third kappa shape index (κ3) is 3.59. The molecule has 142 valence electrons. The number of pyridine rings is 1. The van der Waals surface area contributed by atoms with Gasteiger partial charge in [-0.1, -0.05) is 6.07 Å². The van der Waals surface area contributed by atoms with E-state index in [-0.39, 0.29) is 24.0 Å². The second-order valence-electron chi connectivity index (χ2n) is 6.74. The minimum atomic E-state index is -0.357. The second-order valence-corrected chi connectivity index (χ2v) is 6.74. The van der Waals surface area contributed by atoms with E-state index in [2.05, 4.69) is 10.3 Å². The quantitative estimate of drug-likeness (QED) is 0.731. The number of hydrogen-bond donors (Lipinski definition) is 2. The predicted molar refractivity (Wildman–Crippen MR) is 107 cm³/mol. The Balaban J connectivity index is 1.44. The summed E-state index contributed by atoms with van der Waals surface area (Å²) in [5.74, 6) is -0.145. The number of rotatable bonds is 4. The monoisotopic (exact) mass is 377 g/mol. The lowest BCUT2D eigenvalue weighted by Crippen LogP contribution is -2.23. The van der Waals surface area contributed by atoms with Crippen LogP contribution in [0.1, 0.15) is 11.1 Å². The van der Waals surface area contributed by atoms with E-state index < -0.39 is 0 Å². The Labute approximate surface area is 160 Å². The molecule has 1 aliphatic heterocycles. The van der Waals surface area contributed by atoms with Crippen LogP contribution >= 0.6 is 0 Å². The summed E-state index contributed by atoms with van der Waals surface area (Å²) in [7, 11) is 0. The molecule has 0 aliphatic carbocycles. The lowest BCUT2D eigenvalue weighted by Gasteiger charge is -2.13. The highest BCUT2D eigenvalue weighted by Crippen LogP contribution is 2.21. The number of aromatic nitrogens is 1. The van der Waals surface area contributed by atoms with Gasteiger partial charge >= 0.3 is 6.09 Å². The first-order chi connectivity index (χ1) is 13.5. The van der Waals surface area contributed by atoms with E-state index in [1.165, 1.54) is 0 Å². The smallest absolute Gasteiger partial charge is 0.414 e. The number of aryl methyl sites for hydroxylation is 1. The van der Waals surface area contributed by atoms with Crippen LogP contribution < -0.4 is 15.8 Å². The lowest BCUT2D eigenvalue weighted by atomic mass is 10.1. The maximum Gasteiger partial charge on any atom is 0.414 e. The fraction of sp³-hybridized carbons (Fsp3) is 0.190. The Kier molecular flexibility index (Phi) is 4.57. The van der Waals surface area contributed by atoms with Crippen LogP contribution in [-0.4, -0.2) is 30.1 Å². The van der Waals surface area contributed by atoms with Gasteiger partial charge in [-0.25, -0.2) is 4.79 Å². The highest BCUT2D eigenvalue weighted by molar-refractivity contribution is 5.94. The molecule has 0 radical (unpaired) electrons. The number of nitrogens with one attached hydrogen (secondary N) is 2. The summed E-state index contributed by atoms with van der Waals surface area (Å²) in [6.07, 6.45) is -0.140. The van der Waals surface area contributed by atoms with Crippen LogP contribution in [0.4, 0.5) is 16.2 Å². The molecule has 0 bridgehead atoms. The third-order valence-electron chi connectivity index (χ3n) is 4.68. The average molecular weight is 377 g/mol. The molecule has 0 saturated carbocycles. The van der Waals surface area contributed by atoms with Gasteiger partial charge in [0.15, 0.2) is 0 Å². The number of aromatic amines is 1. The predicted octanol–water partition coefficient (Wildman–Crippen LogP) is 2.97. The fourth-order valence-electron chi connectivity index (χ4n) is 3.22. The molecule has 1 fully saturated rings. The van der Waals surface area contributed by atoms with Crippen molar-refractivity contribution in [2.75, 3.05) is 23.4 Å². The first-order valence-electron chi connectivity index (χ1n) is 8.96. The van der Waals surface area contributed by atoms with Gasteiger partial charge in [-0.15, -0.1) is 0 Å². The van der Waals surface area contributed by atoms with Crippen molar-refractivity contribution in [3.05, 3.63) is 70.0 Å². The minimum absolute atomic E-state index is 0.108. The van der Waals surface area contributed by atoms with E-state index in [9.17, 15) is 14.4 Å². The normalized spacial score (nSPS) is 13.6. The van der Waals surface area contributed by atoms with Crippen molar-refractivity contribution in [1.82, 2.24) is 4.98 Å². The van der Waals surface area contributed by atoms with Crippen molar-refractivity contribution < 1.29 is 14.3 Å². The molecule has 0 spiro atoms. The molecule has 0 atom stereocenters. The van der Waals surface area contributed by atoms with Crippen LogP contribution in [0.15, 0.2) is 53.3 Å². The Morgan fingerprint density at radius 1 is 1.14 bits per heavy atom. The molecule has 1 aliphatic rings. The number of fused-ring (bicyclic) bond motifs is 1. The molecule has 28 heavy (non-hydrogen) atoms. The summed E-state index contributed by atoms with van der Waals surface area (Å²) >= 11 is 0. The summed E-state index contributed by atoms with van der Waals surface area (Å²) in [6, 6.07) is 14.4. The van der Waals surface area contributed by atoms with E-state index in [0.717, 1.165) is 22.2 Å². The Morgan fingerprint density at radius 2 is 1.93 bits per heavy atom. The second kappa shape index (κ2) is 7.19. The van der Waals surface area contributed by atoms with Crippen molar-refractivity contribution in [2.45, 2.75) is 13.3 Å². The molecule has 1 aromatic heterocycles. The van der Waals surface area contributed by atoms with Crippen LogP contribution in [0.3, 0.4) is 0 Å². The van der Waals surface area contributed by atoms with Crippen LogP contribution in [0.25, 0.3) is 10.9 Å². The highest BCUT2D eigenvalue weighted by atomic mass is 16.6. The number of ether oxygens (including phenoxy) is 1. The summed E-state index contributed by atoms with van der Waals surface area (Å²) in [6.45, 7) is 2.66. The summed E-state index contributed by atoms with van der Waals surface area (Å²) in [4.78, 5) is 40.0. The van der Waals surface area contributed by atoms with Crippen molar-refractivity contribution >= 4 is 34.3 Å². The number of cyclic esters (lactones) is 1. The van der Waals surface area contributed by atoms with Crippen LogP contribution in [0.2, 0.25) is 0 Å². The molecular formula is C21H19N3O4. The Bertz CT molecular complexity index is 1120. The van der Waals surface area contributed by atoms with Gasteiger partial charge in [0.1, 0.15) is 6.61 Å². The van der Waals surface area contributed by atoms with E-state index in [0.29, 0.717) is 24.4 Å². The van der Waals surface area contributed by atoms with E-state index in [1.807, 2.05) is 24.3 Å². The zero-order valence-corrected chi connectivity index (χ0v) is 15.3. The molecule has 1 saturated heterocycles. The summed E-state index contributed by atoms with van der Waals surface area (Å²) in [5.41, 5.74) is 3.52. The first kappa shape index (κ1) is 17.8. The van der Waals surface area contributed by atoms with Crippen molar-refractivity contribution in [3.8, 4) is 0 Å². The van der Waals surface area contributed by atoms with E-state index in [1.54, 1.807) is 36.1 Å². The van der Waals surface area contributed by atoms with Gasteiger partial charge in [-0.05, 0) is 60.3 Å². The zero-order chi connectivity index (χ0) is 19.7. The summed E-state index contributed by atoms with van der Waals surface area (Å²) < 4.78 is 4.92. The molecule has 2 aromatic carbocycles. The number of carbonyl (C=O) groups is 2. The number of hydrogen-bond acceptors (Lipinski definition) is 4. The molecule has 2 amide bonds. The lowest BCUT2D eigenvalue weighted by molar-refractivity contribution is -0.115. The SMILES string of the molecule is Cc1cc2cc(CC(=O)Nc3ccc(N4CCOC4=O)cc3)ccc2[nH]c1=O. The van der Waals surface area contributed by atoms with E-state index >= 15 is 0 Å². The fourth-order valence-corrected chi connectivity index (χ4v) is 3.22. The van der Waals surface area contributed by atoms with Gasteiger partial charge in [0, 0.05) is 22.5 Å². The molecule has 0 unspecified atom stereocenters. The molecule has 7 nitrogen and oxygen atoms in total. The topological polar surface area (TPSA) is 91.5 Å². The number of benzene rings is 2. The van der Waals surface area contributed by atoms with Gasteiger partial charge in [-0.2, -0.15) is 0 Å². The standard InChI is InChI=1S/C21H19N3O4/c1-13-10-15-11-14(2-7-18(15)23-20(13)26)12-19(25)22-16-3-5-17(6-4-16)24-8-9-28-21(24)27/h2-7,10-11H,8-9,12H2,1H3,(H,22,25)(H,23,26). The average Bonchev–Trinajstić information content (AvgIpc) is 3.09. The number of amides is 2. The maximum atomic E-state index is 12.4. The largest absolute Gasteiger partial charge is 0.447 e. The van der Waals surface area contributed by atoms with Crippen LogP contribution in [-0.2, 0) is 16.0 Å². The van der Waals surface area contributed by atoms with E-state index in [4.69, 9.17) is 4.74 Å². The van der Waals surface area contributed by atoms with Crippen LogP contribution in [0.5, 0.6) is 0 Å². The van der Waals surface area contributed by atoms with Crippen molar-refractivity contribution in [2.24, 2.45) is 0 Å². The Hall–Kier alpha value is -3.61. The molecular weight excluding hydrogens is 358 g/mol. The van der Waals surface area contributed by atoms with Crippen molar-refractivity contribution in [1.29, 1.82) is 0 Å². The number of H-pyrrole nitrogens is 1. The number of carbonyl (C=O) groups excluding carboxylic acids is 2. The zero-order valence-electron chi connectivity index (χ0n) is 15.3. The molecule has 4 rings (SSSR count). The van der Waals surface area contributed by atoms with Gasteiger partial charge < -0.3 is 15.0 Å². The summed E-state index contributed by atoms with van der Waals surface area (Å²) in [5, 5.41) is 3.75. The molecule has 2 N–H and O–H groups in total. The van der Waals surface area contributed by atoms with Crippen LogP contribution in [0, 0.1) is 6.92 Å². The van der Waals surface area contributed by atoms with Gasteiger partial charge in [0.2, 0.25) is 5.91 Å². The van der Waals surface area contributed by atoms with Gasteiger partial charge in [0.05, 0.1) is 13.0 Å². The van der Waals surface area contributed by atoms with Crippen molar-refractivity contribution in [3.63, 3.8) is 0 Å². The maximum absolute atomic E-state index is 12.4.